The van der Waals surface area contributed by atoms with Crippen LogP contribution in [0.5, 0.6) is 0 Å². The average molecular weight is 563 g/mol. The normalized spacial score (nSPS) is 33.2. The van der Waals surface area contributed by atoms with Crippen molar-refractivity contribution in [1.29, 1.82) is 0 Å². The highest BCUT2D eigenvalue weighted by Crippen LogP contribution is 2.43. The van der Waals surface area contributed by atoms with Gasteiger partial charge in [0.2, 0.25) is 11.8 Å². The van der Waals surface area contributed by atoms with Crippen LogP contribution >= 0.6 is 0 Å². The van der Waals surface area contributed by atoms with Crippen molar-refractivity contribution in [3.63, 3.8) is 0 Å². The molecule has 0 aromatic rings. The number of esters is 1. The molecule has 3 aliphatic heterocycles. The summed E-state index contributed by atoms with van der Waals surface area (Å²) in [6, 6.07) is -0.100. The summed E-state index contributed by atoms with van der Waals surface area (Å²) in [5.74, 6) is -0.494. The van der Waals surface area contributed by atoms with E-state index < -0.39 is 6.10 Å². The van der Waals surface area contributed by atoms with Crippen LogP contribution in [0.2, 0.25) is 0 Å². The number of carbonyl (C=O) groups excluding carboxylic acids is 3. The molecule has 0 saturated carbocycles. The van der Waals surface area contributed by atoms with Crippen molar-refractivity contribution in [2.45, 2.75) is 109 Å². The molecule has 3 fully saturated rings. The summed E-state index contributed by atoms with van der Waals surface area (Å²) < 4.78 is 23.2. The Labute approximate surface area is 237 Å². The summed E-state index contributed by atoms with van der Waals surface area (Å²) in [7, 11) is 0. The molecule has 224 valence electrons. The SMILES string of the molecule is CC(=O)O[C@@H](C)/C=C\C(=O)N[C@@H]1C[C@H](C)[C@H](C/C=C(C)/C=C/[C@@H]2C[C@]3(CO3)C[C@@H](CC(=O)NCCO)O2)O[C@@H]1C. The maximum absolute atomic E-state index is 12.4. The summed E-state index contributed by atoms with van der Waals surface area (Å²) in [5.41, 5.74) is 0.916. The molecule has 2 amide bonds. The second-order valence-corrected chi connectivity index (χ2v) is 11.4. The van der Waals surface area contributed by atoms with Crippen molar-refractivity contribution >= 4 is 17.8 Å². The van der Waals surface area contributed by atoms with Crippen molar-refractivity contribution in [3.8, 4) is 0 Å². The predicted octanol–water partition coefficient (Wildman–Crippen LogP) is 2.50. The van der Waals surface area contributed by atoms with E-state index >= 15 is 0 Å². The topological polar surface area (TPSA) is 136 Å². The number of epoxide rings is 1. The molecule has 10 nitrogen and oxygen atoms in total. The van der Waals surface area contributed by atoms with Crippen LogP contribution in [-0.2, 0) is 33.3 Å². The number of nitrogens with one attached hydrogen (secondary N) is 2. The smallest absolute Gasteiger partial charge is 0.303 e. The number of rotatable bonds is 12. The fourth-order valence-corrected chi connectivity index (χ4v) is 5.35. The number of carbonyl (C=O) groups is 3. The van der Waals surface area contributed by atoms with E-state index in [-0.39, 0.29) is 79.3 Å². The predicted molar refractivity (Wildman–Crippen MR) is 149 cm³/mol. The molecule has 0 radical (unpaired) electrons. The molecule has 3 saturated heterocycles. The van der Waals surface area contributed by atoms with Gasteiger partial charge < -0.3 is 34.7 Å². The molecule has 0 aromatic carbocycles. The quantitative estimate of drug-likeness (QED) is 0.143. The van der Waals surface area contributed by atoms with E-state index in [0.29, 0.717) is 13.0 Å². The van der Waals surface area contributed by atoms with Crippen molar-refractivity contribution in [2.75, 3.05) is 19.8 Å². The summed E-state index contributed by atoms with van der Waals surface area (Å²) >= 11 is 0. The van der Waals surface area contributed by atoms with Gasteiger partial charge in [0.05, 0.1) is 55.7 Å². The fraction of sp³-hybridized carbons (Fsp3) is 0.700. The van der Waals surface area contributed by atoms with Crippen LogP contribution in [0, 0.1) is 5.92 Å². The van der Waals surface area contributed by atoms with E-state index in [1.54, 1.807) is 13.0 Å². The van der Waals surface area contributed by atoms with Gasteiger partial charge in [0.25, 0.3) is 0 Å². The summed E-state index contributed by atoms with van der Waals surface area (Å²) in [5, 5.41) is 14.6. The van der Waals surface area contributed by atoms with E-state index in [4.69, 9.17) is 24.1 Å². The molecule has 1 spiro atoms. The van der Waals surface area contributed by atoms with Gasteiger partial charge in [0, 0.05) is 32.4 Å². The molecule has 0 aliphatic carbocycles. The van der Waals surface area contributed by atoms with Gasteiger partial charge >= 0.3 is 5.97 Å². The average Bonchev–Trinajstić information content (AvgIpc) is 3.62. The molecule has 3 heterocycles. The molecular weight excluding hydrogens is 516 g/mol. The number of allylic oxidation sites excluding steroid dienone is 2. The van der Waals surface area contributed by atoms with E-state index in [9.17, 15) is 14.4 Å². The lowest BCUT2D eigenvalue weighted by Crippen LogP contribution is -2.50. The molecular formula is C30H46N2O8. The van der Waals surface area contributed by atoms with Gasteiger partial charge in [-0.3, -0.25) is 14.4 Å². The van der Waals surface area contributed by atoms with Crippen LogP contribution in [0.15, 0.2) is 36.0 Å². The number of aliphatic hydroxyl groups excluding tert-OH is 1. The highest BCUT2D eigenvalue weighted by molar-refractivity contribution is 5.87. The Morgan fingerprint density at radius 3 is 2.58 bits per heavy atom. The largest absolute Gasteiger partial charge is 0.459 e. The molecule has 0 unspecified atom stereocenters. The first-order chi connectivity index (χ1) is 19.0. The van der Waals surface area contributed by atoms with Gasteiger partial charge in [-0.15, -0.1) is 0 Å². The van der Waals surface area contributed by atoms with Crippen LogP contribution < -0.4 is 10.6 Å². The zero-order valence-corrected chi connectivity index (χ0v) is 24.4. The Morgan fingerprint density at radius 1 is 1.15 bits per heavy atom. The number of hydrogen-bond acceptors (Lipinski definition) is 8. The Morgan fingerprint density at radius 2 is 1.90 bits per heavy atom. The maximum Gasteiger partial charge on any atom is 0.303 e. The minimum Gasteiger partial charge on any atom is -0.459 e. The third kappa shape index (κ3) is 10.5. The van der Waals surface area contributed by atoms with Gasteiger partial charge in [-0.2, -0.15) is 0 Å². The zero-order chi connectivity index (χ0) is 29.3. The molecule has 3 aliphatic rings. The van der Waals surface area contributed by atoms with E-state index in [0.717, 1.165) is 24.8 Å². The van der Waals surface area contributed by atoms with Gasteiger partial charge in [0.15, 0.2) is 0 Å². The number of hydrogen-bond donors (Lipinski definition) is 3. The van der Waals surface area contributed by atoms with Crippen LogP contribution in [0.1, 0.15) is 66.7 Å². The Balaban J connectivity index is 1.46. The lowest BCUT2D eigenvalue weighted by atomic mass is 9.88. The molecule has 0 bridgehead atoms. The van der Waals surface area contributed by atoms with Crippen molar-refractivity contribution in [1.82, 2.24) is 10.6 Å². The summed E-state index contributed by atoms with van der Waals surface area (Å²) in [4.78, 5) is 35.5. The summed E-state index contributed by atoms with van der Waals surface area (Å²) in [6.45, 7) is 10.1. The lowest BCUT2D eigenvalue weighted by Gasteiger charge is -2.39. The van der Waals surface area contributed by atoms with Crippen LogP contribution in [-0.4, -0.2) is 84.8 Å². The van der Waals surface area contributed by atoms with E-state index in [2.05, 4.69) is 29.7 Å². The first kappa shape index (κ1) is 32.0. The zero-order valence-electron chi connectivity index (χ0n) is 24.4. The minimum absolute atomic E-state index is 0.0434. The van der Waals surface area contributed by atoms with Crippen LogP contribution in [0.3, 0.4) is 0 Å². The Kier molecular flexibility index (Phi) is 11.9. The van der Waals surface area contributed by atoms with Crippen LogP contribution in [0.25, 0.3) is 0 Å². The first-order valence-electron chi connectivity index (χ1n) is 14.3. The summed E-state index contributed by atoms with van der Waals surface area (Å²) in [6.07, 6.45) is 11.6. The molecule has 3 rings (SSSR count). The van der Waals surface area contributed by atoms with Gasteiger partial charge in [-0.25, -0.2) is 0 Å². The second-order valence-electron chi connectivity index (χ2n) is 11.4. The monoisotopic (exact) mass is 562 g/mol. The van der Waals surface area contributed by atoms with E-state index in [1.165, 1.54) is 13.0 Å². The van der Waals surface area contributed by atoms with Gasteiger partial charge in [0.1, 0.15) is 6.10 Å². The third-order valence-corrected chi connectivity index (χ3v) is 7.60. The van der Waals surface area contributed by atoms with Gasteiger partial charge in [-0.05, 0) is 45.6 Å². The lowest BCUT2D eigenvalue weighted by molar-refractivity contribution is -0.143. The molecule has 10 heteroatoms. The van der Waals surface area contributed by atoms with Crippen molar-refractivity contribution < 1.29 is 38.4 Å². The van der Waals surface area contributed by atoms with Crippen LogP contribution in [0.4, 0.5) is 0 Å². The molecule has 8 atom stereocenters. The molecule has 3 N–H and O–H groups in total. The second kappa shape index (κ2) is 14.9. The number of ether oxygens (including phenoxy) is 4. The van der Waals surface area contributed by atoms with E-state index in [1.807, 2.05) is 19.9 Å². The standard InChI is InChI=1S/C30H46N2O8/c1-19(6-9-24-16-30(18-37-30)17-25(40-24)15-29(36)31-12-13-33)7-10-27-20(2)14-26(22(4)39-27)32-28(35)11-8-21(3)38-23(5)34/h6-9,11,20-22,24-27,33H,10,12-18H2,1-5H3,(H,31,36)(H,32,35)/b9-6+,11-8-,19-7+/t20-,21-,22+,24+,25+,26+,27-,30+/m0/s1. The molecule has 0 aromatic heterocycles. The maximum atomic E-state index is 12.4. The Hall–Kier alpha value is -2.53. The number of amides is 2. The highest BCUT2D eigenvalue weighted by Gasteiger charge is 2.51. The highest BCUT2D eigenvalue weighted by atomic mass is 16.6. The Bertz CT molecular complexity index is 973. The van der Waals surface area contributed by atoms with Crippen molar-refractivity contribution in [2.24, 2.45) is 5.92 Å². The minimum atomic E-state index is -0.464. The molecule has 40 heavy (non-hydrogen) atoms. The third-order valence-electron chi connectivity index (χ3n) is 7.60. The van der Waals surface area contributed by atoms with Crippen molar-refractivity contribution in [3.05, 3.63) is 36.0 Å². The fourth-order valence-electron chi connectivity index (χ4n) is 5.35. The number of aliphatic hydroxyl groups is 1. The first-order valence-corrected chi connectivity index (χ1v) is 14.3. The van der Waals surface area contributed by atoms with Gasteiger partial charge in [-0.1, -0.05) is 30.7 Å².